The topological polar surface area (TPSA) is 52.7 Å². The average molecular weight is 444 g/mol. The molecule has 2 aromatic carbocycles. The number of amides is 2. The summed E-state index contributed by atoms with van der Waals surface area (Å²) in [5.41, 5.74) is 3.17. The van der Waals surface area contributed by atoms with E-state index >= 15 is 0 Å². The van der Waals surface area contributed by atoms with Gasteiger partial charge in [0.2, 0.25) is 5.91 Å². The van der Waals surface area contributed by atoms with Crippen LogP contribution in [-0.2, 0) is 11.3 Å². The van der Waals surface area contributed by atoms with Crippen molar-refractivity contribution in [1.82, 2.24) is 4.90 Å². The molecule has 0 aliphatic carbocycles. The van der Waals surface area contributed by atoms with E-state index in [9.17, 15) is 9.59 Å². The van der Waals surface area contributed by atoms with Gasteiger partial charge in [-0.25, -0.2) is 0 Å². The van der Waals surface area contributed by atoms with E-state index < -0.39 is 0 Å². The first-order valence-electron chi connectivity index (χ1n) is 10.7. The lowest BCUT2D eigenvalue weighted by atomic mass is 10.0. The first-order valence-corrected chi connectivity index (χ1v) is 11.1. The molecule has 0 radical (unpaired) electrons. The Morgan fingerprint density at radius 3 is 2.19 bits per heavy atom. The zero-order chi connectivity index (χ0) is 23.3. The van der Waals surface area contributed by atoms with Gasteiger partial charge < -0.3 is 15.1 Å². The standard InChI is InChI=1S/C25H34ClN3O2/c1-16(2)18(5)29(25(31)21-10-8-9-11-22(21)26)15-19-14-20(27-24(30)17(3)4)12-13-23(19)28(6)7/h8-14,16-18H,15H2,1-7H3,(H,27,30). The molecule has 0 aromatic heterocycles. The van der Waals surface area contributed by atoms with Crippen LogP contribution >= 0.6 is 11.6 Å². The van der Waals surface area contributed by atoms with Crippen LogP contribution in [0.15, 0.2) is 42.5 Å². The molecular formula is C25H34ClN3O2. The third kappa shape index (κ3) is 6.23. The number of anilines is 2. The molecular weight excluding hydrogens is 410 g/mol. The van der Waals surface area contributed by atoms with Crippen LogP contribution in [0.2, 0.25) is 5.02 Å². The monoisotopic (exact) mass is 443 g/mol. The van der Waals surface area contributed by atoms with Gasteiger partial charge in [-0.2, -0.15) is 0 Å². The maximum absolute atomic E-state index is 13.5. The molecule has 1 atom stereocenters. The van der Waals surface area contributed by atoms with E-state index in [1.165, 1.54) is 0 Å². The maximum atomic E-state index is 13.5. The Morgan fingerprint density at radius 2 is 1.65 bits per heavy atom. The molecule has 0 saturated heterocycles. The minimum atomic E-state index is -0.115. The molecule has 0 bridgehead atoms. The van der Waals surface area contributed by atoms with E-state index in [1.807, 2.05) is 68.1 Å². The molecule has 0 fully saturated rings. The van der Waals surface area contributed by atoms with Gasteiger partial charge in [-0.1, -0.05) is 51.4 Å². The van der Waals surface area contributed by atoms with Crippen LogP contribution in [0.4, 0.5) is 11.4 Å². The highest BCUT2D eigenvalue weighted by Gasteiger charge is 2.26. The predicted octanol–water partition coefficient (Wildman–Crippen LogP) is 5.69. The Kier molecular flexibility index (Phi) is 8.52. The zero-order valence-corrected chi connectivity index (χ0v) is 20.3. The summed E-state index contributed by atoms with van der Waals surface area (Å²) in [7, 11) is 3.94. The highest BCUT2D eigenvalue weighted by Crippen LogP contribution is 2.28. The van der Waals surface area contributed by atoms with Gasteiger partial charge in [0.1, 0.15) is 0 Å². The fraction of sp³-hybridized carbons (Fsp3) is 0.440. The van der Waals surface area contributed by atoms with Gasteiger partial charge in [0.15, 0.2) is 0 Å². The second kappa shape index (κ2) is 10.7. The Morgan fingerprint density at radius 1 is 1.00 bits per heavy atom. The summed E-state index contributed by atoms with van der Waals surface area (Å²) in [5, 5.41) is 3.40. The van der Waals surface area contributed by atoms with E-state index in [4.69, 9.17) is 11.6 Å². The van der Waals surface area contributed by atoms with E-state index in [2.05, 4.69) is 26.1 Å². The van der Waals surface area contributed by atoms with Crippen molar-refractivity contribution in [3.05, 3.63) is 58.6 Å². The number of hydrogen-bond donors (Lipinski definition) is 1. The summed E-state index contributed by atoms with van der Waals surface area (Å²) in [6.07, 6.45) is 0. The Labute approximate surface area is 191 Å². The number of rotatable bonds is 8. The van der Waals surface area contributed by atoms with Crippen LogP contribution in [-0.4, -0.2) is 36.9 Å². The third-order valence-corrected chi connectivity index (χ3v) is 5.85. The van der Waals surface area contributed by atoms with Crippen LogP contribution < -0.4 is 10.2 Å². The summed E-state index contributed by atoms with van der Waals surface area (Å²) >= 11 is 6.34. The highest BCUT2D eigenvalue weighted by atomic mass is 35.5. The van der Waals surface area contributed by atoms with Gasteiger partial charge in [0, 0.05) is 44.0 Å². The molecule has 0 aliphatic heterocycles. The second-order valence-corrected chi connectivity index (χ2v) is 9.19. The van der Waals surface area contributed by atoms with E-state index in [0.717, 1.165) is 16.9 Å². The summed E-state index contributed by atoms with van der Waals surface area (Å²) in [4.78, 5) is 29.6. The lowest BCUT2D eigenvalue weighted by Crippen LogP contribution is -2.41. The quantitative estimate of drug-likeness (QED) is 0.570. The number of carbonyl (C=O) groups excluding carboxylic acids is 2. The summed E-state index contributed by atoms with van der Waals surface area (Å²) in [6.45, 7) is 10.4. The molecule has 6 heteroatoms. The molecule has 1 N–H and O–H groups in total. The molecule has 0 spiro atoms. The van der Waals surface area contributed by atoms with Crippen LogP contribution in [0.5, 0.6) is 0 Å². The summed E-state index contributed by atoms with van der Waals surface area (Å²) < 4.78 is 0. The minimum Gasteiger partial charge on any atom is -0.377 e. The number of halogens is 1. The van der Waals surface area contributed by atoms with Crippen LogP contribution in [0.25, 0.3) is 0 Å². The van der Waals surface area contributed by atoms with Crippen LogP contribution in [0.1, 0.15) is 50.5 Å². The molecule has 0 heterocycles. The second-order valence-electron chi connectivity index (χ2n) is 8.78. The smallest absolute Gasteiger partial charge is 0.255 e. The fourth-order valence-corrected chi connectivity index (χ4v) is 3.46. The molecule has 2 amide bonds. The minimum absolute atomic E-state index is 0.00676. The molecule has 168 valence electrons. The van der Waals surface area contributed by atoms with Gasteiger partial charge >= 0.3 is 0 Å². The number of hydrogen-bond acceptors (Lipinski definition) is 3. The summed E-state index contributed by atoms with van der Waals surface area (Å²) in [6, 6.07) is 13.0. The third-order valence-electron chi connectivity index (χ3n) is 5.52. The van der Waals surface area contributed by atoms with Crippen molar-refractivity contribution >= 4 is 34.8 Å². The first kappa shape index (κ1) is 24.7. The van der Waals surface area contributed by atoms with Crippen molar-refractivity contribution in [1.29, 1.82) is 0 Å². The van der Waals surface area contributed by atoms with Gasteiger partial charge in [0.05, 0.1) is 10.6 Å². The van der Waals surface area contributed by atoms with Crippen molar-refractivity contribution in [2.75, 3.05) is 24.3 Å². The Hall–Kier alpha value is -2.53. The Bertz CT molecular complexity index is 925. The SMILES string of the molecule is CC(C)C(=O)Nc1ccc(N(C)C)c(CN(C(=O)c2ccccc2Cl)C(C)C(C)C)c1. The number of nitrogens with zero attached hydrogens (tertiary/aromatic N) is 2. The molecule has 0 aliphatic rings. The van der Waals surface area contributed by atoms with Gasteiger partial charge in [-0.3, -0.25) is 9.59 Å². The van der Waals surface area contributed by atoms with Crippen LogP contribution in [0, 0.1) is 11.8 Å². The predicted molar refractivity (Wildman–Crippen MR) is 130 cm³/mol. The van der Waals surface area contributed by atoms with Crippen molar-refractivity contribution in [2.45, 2.75) is 47.2 Å². The average Bonchev–Trinajstić information content (AvgIpc) is 2.71. The zero-order valence-electron chi connectivity index (χ0n) is 19.6. The Balaban J connectivity index is 2.48. The van der Waals surface area contributed by atoms with Gasteiger partial charge in [0.25, 0.3) is 5.91 Å². The number of benzene rings is 2. The lowest BCUT2D eigenvalue weighted by Gasteiger charge is -2.33. The molecule has 2 rings (SSSR count). The fourth-order valence-electron chi connectivity index (χ4n) is 3.25. The van der Waals surface area contributed by atoms with Crippen molar-refractivity contribution in [3.8, 4) is 0 Å². The van der Waals surface area contributed by atoms with E-state index in [0.29, 0.717) is 17.1 Å². The van der Waals surface area contributed by atoms with Gasteiger partial charge in [-0.05, 0) is 48.7 Å². The highest BCUT2D eigenvalue weighted by molar-refractivity contribution is 6.33. The molecule has 31 heavy (non-hydrogen) atoms. The largest absolute Gasteiger partial charge is 0.377 e. The summed E-state index contributed by atoms with van der Waals surface area (Å²) in [5.74, 6) is 0.00512. The number of carbonyl (C=O) groups is 2. The normalized spacial score (nSPS) is 12.1. The van der Waals surface area contributed by atoms with Crippen LogP contribution in [0.3, 0.4) is 0 Å². The van der Waals surface area contributed by atoms with Crippen molar-refractivity contribution in [3.63, 3.8) is 0 Å². The van der Waals surface area contributed by atoms with Gasteiger partial charge in [-0.15, -0.1) is 0 Å². The molecule has 2 aromatic rings. The molecule has 1 unspecified atom stereocenters. The van der Waals surface area contributed by atoms with Crippen molar-refractivity contribution < 1.29 is 9.59 Å². The molecule has 5 nitrogen and oxygen atoms in total. The molecule has 0 saturated carbocycles. The maximum Gasteiger partial charge on any atom is 0.255 e. The van der Waals surface area contributed by atoms with E-state index in [1.54, 1.807) is 12.1 Å². The van der Waals surface area contributed by atoms with Crippen molar-refractivity contribution in [2.24, 2.45) is 11.8 Å². The number of nitrogens with one attached hydrogen (secondary N) is 1. The first-order chi connectivity index (χ1) is 14.5. The van der Waals surface area contributed by atoms with E-state index in [-0.39, 0.29) is 29.7 Å². The lowest BCUT2D eigenvalue weighted by molar-refractivity contribution is -0.118.